The lowest BCUT2D eigenvalue weighted by Gasteiger charge is -2.02. The normalized spacial score (nSPS) is 11.4. The summed E-state index contributed by atoms with van der Waals surface area (Å²) in [5, 5.41) is 0. The molecule has 0 aliphatic rings. The molecule has 0 bridgehead atoms. The van der Waals surface area contributed by atoms with E-state index < -0.39 is 7.82 Å². The second-order valence-electron chi connectivity index (χ2n) is 1.72. The quantitative estimate of drug-likeness (QED) is 0.460. The number of phosphoric acid groups is 1. The van der Waals surface area contributed by atoms with E-state index in [4.69, 9.17) is 9.79 Å². The minimum Gasteiger partial charge on any atom is -0.303 e. The zero-order valence-electron chi connectivity index (χ0n) is 5.07. The van der Waals surface area contributed by atoms with Crippen molar-refractivity contribution in [1.29, 1.82) is 0 Å². The van der Waals surface area contributed by atoms with Gasteiger partial charge < -0.3 is 9.79 Å². The van der Waals surface area contributed by atoms with Gasteiger partial charge in [-0.05, 0) is 6.92 Å². The SMILES string of the molecule is C=C(C)COP(=O)(O)O. The third-order valence-electron chi connectivity index (χ3n) is 0.479. The number of hydrogen-bond donors (Lipinski definition) is 2. The zero-order valence-corrected chi connectivity index (χ0v) is 5.97. The Balaban J connectivity index is 3.53. The van der Waals surface area contributed by atoms with E-state index in [-0.39, 0.29) is 6.61 Å². The summed E-state index contributed by atoms with van der Waals surface area (Å²) in [6.45, 7) is 4.92. The molecule has 0 aromatic heterocycles. The Bertz CT molecular complexity index is 147. The smallest absolute Gasteiger partial charge is 0.303 e. The predicted molar refractivity (Wildman–Crippen MR) is 32.8 cm³/mol. The zero-order chi connectivity index (χ0) is 7.49. The van der Waals surface area contributed by atoms with Crippen LogP contribution in [0, 0.1) is 0 Å². The van der Waals surface area contributed by atoms with Gasteiger partial charge in [0.15, 0.2) is 0 Å². The van der Waals surface area contributed by atoms with Crippen molar-refractivity contribution in [2.75, 3.05) is 6.61 Å². The Morgan fingerprint density at radius 3 is 2.33 bits per heavy atom. The van der Waals surface area contributed by atoms with Crippen LogP contribution in [0.15, 0.2) is 12.2 Å². The molecule has 54 valence electrons. The van der Waals surface area contributed by atoms with Gasteiger partial charge >= 0.3 is 7.82 Å². The highest BCUT2D eigenvalue weighted by molar-refractivity contribution is 7.46. The molecule has 0 fully saturated rings. The molecule has 5 heteroatoms. The average molecular weight is 152 g/mol. The van der Waals surface area contributed by atoms with E-state index in [1.54, 1.807) is 6.92 Å². The van der Waals surface area contributed by atoms with E-state index in [9.17, 15) is 4.57 Å². The second-order valence-corrected chi connectivity index (χ2v) is 2.96. The fourth-order valence-corrected chi connectivity index (χ4v) is 0.583. The minimum atomic E-state index is -4.28. The average Bonchev–Trinajstić information content (AvgIpc) is 1.59. The third-order valence-corrected chi connectivity index (χ3v) is 0.945. The molecule has 0 aliphatic carbocycles. The van der Waals surface area contributed by atoms with Crippen LogP contribution in [0.2, 0.25) is 0 Å². The maximum absolute atomic E-state index is 9.97. The first kappa shape index (κ1) is 8.85. The molecule has 0 atom stereocenters. The topological polar surface area (TPSA) is 66.8 Å². The summed E-state index contributed by atoms with van der Waals surface area (Å²) in [4.78, 5) is 16.2. The van der Waals surface area contributed by atoms with Crippen LogP contribution in [-0.2, 0) is 9.09 Å². The van der Waals surface area contributed by atoms with Gasteiger partial charge in [0.1, 0.15) is 0 Å². The van der Waals surface area contributed by atoms with Gasteiger partial charge in [0.2, 0.25) is 0 Å². The molecule has 9 heavy (non-hydrogen) atoms. The molecule has 0 saturated heterocycles. The highest BCUT2D eigenvalue weighted by Gasteiger charge is 2.12. The van der Waals surface area contributed by atoms with Crippen LogP contribution < -0.4 is 0 Å². The Labute approximate surface area is 53.4 Å². The molecule has 0 heterocycles. The van der Waals surface area contributed by atoms with Gasteiger partial charge in [-0.25, -0.2) is 4.57 Å². The van der Waals surface area contributed by atoms with E-state index in [2.05, 4.69) is 11.1 Å². The number of rotatable bonds is 3. The van der Waals surface area contributed by atoms with Crippen molar-refractivity contribution >= 4 is 7.82 Å². The molecule has 0 radical (unpaired) electrons. The summed E-state index contributed by atoms with van der Waals surface area (Å²) in [6, 6.07) is 0. The molecule has 0 unspecified atom stereocenters. The molecule has 0 aromatic carbocycles. The van der Waals surface area contributed by atoms with Gasteiger partial charge in [0.05, 0.1) is 6.61 Å². The Morgan fingerprint density at radius 2 is 2.22 bits per heavy atom. The van der Waals surface area contributed by atoms with Gasteiger partial charge in [-0.15, -0.1) is 0 Å². The number of hydrogen-bond acceptors (Lipinski definition) is 2. The van der Waals surface area contributed by atoms with Crippen LogP contribution in [-0.4, -0.2) is 16.4 Å². The Hall–Kier alpha value is -0.150. The molecule has 2 N–H and O–H groups in total. The lowest BCUT2D eigenvalue weighted by atomic mass is 10.4. The Morgan fingerprint density at radius 1 is 1.78 bits per heavy atom. The third kappa shape index (κ3) is 7.85. The van der Waals surface area contributed by atoms with Crippen molar-refractivity contribution in [1.82, 2.24) is 0 Å². The number of phosphoric ester groups is 1. The van der Waals surface area contributed by atoms with E-state index in [0.29, 0.717) is 5.57 Å². The van der Waals surface area contributed by atoms with Crippen LogP contribution in [0.25, 0.3) is 0 Å². The van der Waals surface area contributed by atoms with E-state index >= 15 is 0 Å². The standard InChI is InChI=1S/C4H9O4P/c1-4(2)3-8-9(5,6)7/h1,3H2,2H3,(H2,5,6,7). The van der Waals surface area contributed by atoms with Gasteiger partial charge in [-0.2, -0.15) is 0 Å². The molecular weight excluding hydrogens is 143 g/mol. The molecule has 0 spiro atoms. The summed E-state index contributed by atoms with van der Waals surface area (Å²) in [6.07, 6.45) is 0. The first-order valence-corrected chi connectivity index (χ1v) is 3.79. The van der Waals surface area contributed by atoms with Crippen molar-refractivity contribution in [3.63, 3.8) is 0 Å². The van der Waals surface area contributed by atoms with E-state index in [1.807, 2.05) is 0 Å². The van der Waals surface area contributed by atoms with Crippen LogP contribution in [0.1, 0.15) is 6.92 Å². The van der Waals surface area contributed by atoms with E-state index in [0.717, 1.165) is 0 Å². The van der Waals surface area contributed by atoms with Gasteiger partial charge in [-0.1, -0.05) is 12.2 Å². The maximum atomic E-state index is 9.97. The first-order chi connectivity index (χ1) is 3.92. The summed E-state index contributed by atoms with van der Waals surface area (Å²) in [5.41, 5.74) is 0.582. The van der Waals surface area contributed by atoms with Gasteiger partial charge in [-0.3, -0.25) is 4.52 Å². The monoisotopic (exact) mass is 152 g/mol. The van der Waals surface area contributed by atoms with Crippen molar-refractivity contribution in [3.05, 3.63) is 12.2 Å². The molecule has 4 nitrogen and oxygen atoms in total. The van der Waals surface area contributed by atoms with Crippen LogP contribution in [0.5, 0.6) is 0 Å². The van der Waals surface area contributed by atoms with Gasteiger partial charge in [0, 0.05) is 0 Å². The fourth-order valence-electron chi connectivity index (χ4n) is 0.194. The minimum absolute atomic E-state index is 0.0930. The maximum Gasteiger partial charge on any atom is 0.469 e. The largest absolute Gasteiger partial charge is 0.469 e. The highest BCUT2D eigenvalue weighted by Crippen LogP contribution is 2.35. The fraction of sp³-hybridized carbons (Fsp3) is 0.500. The lowest BCUT2D eigenvalue weighted by molar-refractivity contribution is 0.212. The van der Waals surface area contributed by atoms with Gasteiger partial charge in [0.25, 0.3) is 0 Å². The molecular formula is C4H9O4P. The molecule has 0 aliphatic heterocycles. The summed E-state index contributed by atoms with van der Waals surface area (Å²) in [5.74, 6) is 0. The summed E-state index contributed by atoms with van der Waals surface area (Å²) >= 11 is 0. The Kier molecular flexibility index (Phi) is 3.08. The molecule has 0 aromatic rings. The predicted octanol–water partition coefficient (Wildman–Crippen LogP) is 0.672. The second kappa shape index (κ2) is 3.13. The van der Waals surface area contributed by atoms with Crippen molar-refractivity contribution in [2.24, 2.45) is 0 Å². The van der Waals surface area contributed by atoms with Crippen molar-refractivity contribution in [2.45, 2.75) is 6.92 Å². The van der Waals surface area contributed by atoms with Crippen molar-refractivity contribution in [3.8, 4) is 0 Å². The first-order valence-electron chi connectivity index (χ1n) is 2.26. The van der Waals surface area contributed by atoms with Crippen molar-refractivity contribution < 1.29 is 18.9 Å². The lowest BCUT2D eigenvalue weighted by Crippen LogP contribution is -1.91. The van der Waals surface area contributed by atoms with Crippen LogP contribution in [0.4, 0.5) is 0 Å². The van der Waals surface area contributed by atoms with Crippen LogP contribution >= 0.6 is 7.82 Å². The molecule has 0 saturated carbocycles. The molecule has 0 rings (SSSR count). The summed E-state index contributed by atoms with van der Waals surface area (Å²) in [7, 11) is -4.28. The van der Waals surface area contributed by atoms with Crippen LogP contribution in [0.3, 0.4) is 0 Å². The summed E-state index contributed by atoms with van der Waals surface area (Å²) < 4.78 is 14.0. The molecule has 0 amide bonds. The van der Waals surface area contributed by atoms with E-state index in [1.165, 1.54) is 0 Å². The highest BCUT2D eigenvalue weighted by atomic mass is 31.2.